The molecule has 0 spiro atoms. The molecule has 4 rings (SSSR count). The van der Waals surface area contributed by atoms with E-state index in [0.29, 0.717) is 4.88 Å². The summed E-state index contributed by atoms with van der Waals surface area (Å²) in [6.07, 6.45) is -2.89. The lowest BCUT2D eigenvalue weighted by atomic mass is 10.0. The molecule has 2 heterocycles. The Labute approximate surface area is 196 Å². The molecule has 10 heteroatoms. The van der Waals surface area contributed by atoms with Gasteiger partial charge in [0, 0.05) is 35.6 Å². The number of halogens is 3. The van der Waals surface area contributed by atoms with Crippen molar-refractivity contribution >= 4 is 34.1 Å². The van der Waals surface area contributed by atoms with Gasteiger partial charge in [-0.05, 0) is 29.1 Å². The molecule has 0 radical (unpaired) electrons. The normalized spacial score (nSPS) is 12.3. The Hall–Kier alpha value is -3.79. The molecule has 2 amide bonds. The van der Waals surface area contributed by atoms with Crippen LogP contribution in [0.25, 0.3) is 10.9 Å². The van der Waals surface area contributed by atoms with Gasteiger partial charge in [0.05, 0.1) is 4.88 Å². The largest absolute Gasteiger partial charge is 0.573 e. The number of amides is 2. The average Bonchev–Trinajstić information content (AvgIpc) is 3.47. The first kappa shape index (κ1) is 23.4. The van der Waals surface area contributed by atoms with Crippen molar-refractivity contribution in [3.8, 4) is 5.75 Å². The van der Waals surface area contributed by atoms with Crippen molar-refractivity contribution in [3.05, 3.63) is 88.2 Å². The molecule has 0 bridgehead atoms. The first-order valence-electron chi connectivity index (χ1n) is 10.3. The predicted octanol–water partition coefficient (Wildman–Crippen LogP) is 4.79. The first-order valence-corrected chi connectivity index (χ1v) is 11.2. The maximum atomic E-state index is 13.1. The summed E-state index contributed by atoms with van der Waals surface area (Å²) in [5, 5.41) is 8.04. The number of carbonyl (C=O) groups is 2. The summed E-state index contributed by atoms with van der Waals surface area (Å²) in [7, 11) is 0. The number of H-pyrrole nitrogens is 1. The zero-order valence-corrected chi connectivity index (χ0v) is 18.5. The molecule has 1 atom stereocenters. The van der Waals surface area contributed by atoms with Crippen LogP contribution >= 0.6 is 11.3 Å². The highest BCUT2D eigenvalue weighted by Crippen LogP contribution is 2.26. The van der Waals surface area contributed by atoms with Crippen LogP contribution in [-0.4, -0.2) is 29.2 Å². The number of aromatic nitrogens is 1. The van der Waals surface area contributed by atoms with E-state index in [1.165, 1.54) is 29.5 Å². The molecular formula is C24H20F3N3O3S. The maximum absolute atomic E-state index is 13.1. The van der Waals surface area contributed by atoms with Crippen molar-refractivity contribution in [1.82, 2.24) is 15.6 Å². The average molecular weight is 488 g/mol. The molecular weight excluding hydrogens is 467 g/mol. The molecule has 4 aromatic rings. The Bertz CT molecular complexity index is 1290. The summed E-state index contributed by atoms with van der Waals surface area (Å²) < 4.78 is 42.2. The third kappa shape index (κ3) is 5.76. The number of nitrogens with one attached hydrogen (secondary N) is 3. The van der Waals surface area contributed by atoms with Crippen molar-refractivity contribution in [3.63, 3.8) is 0 Å². The third-order valence-corrected chi connectivity index (χ3v) is 5.99. The fourth-order valence-electron chi connectivity index (χ4n) is 3.55. The smallest absolute Gasteiger partial charge is 0.405 e. The second-order valence-electron chi connectivity index (χ2n) is 7.44. The van der Waals surface area contributed by atoms with Crippen LogP contribution < -0.4 is 15.4 Å². The van der Waals surface area contributed by atoms with E-state index in [4.69, 9.17) is 0 Å². The summed E-state index contributed by atoms with van der Waals surface area (Å²) >= 11 is 1.24. The van der Waals surface area contributed by atoms with Gasteiger partial charge in [-0.25, -0.2) is 0 Å². The number of fused-ring (bicyclic) bond motifs is 1. The Morgan fingerprint density at radius 2 is 1.76 bits per heavy atom. The quantitative estimate of drug-likeness (QED) is 0.334. The lowest BCUT2D eigenvalue weighted by Gasteiger charge is -2.19. The lowest BCUT2D eigenvalue weighted by Crippen LogP contribution is -2.47. The van der Waals surface area contributed by atoms with Crippen LogP contribution in [0.4, 0.5) is 13.2 Å². The van der Waals surface area contributed by atoms with E-state index < -0.39 is 30.0 Å². The molecule has 0 saturated carbocycles. The van der Waals surface area contributed by atoms with Gasteiger partial charge in [-0.3, -0.25) is 9.59 Å². The van der Waals surface area contributed by atoms with E-state index in [1.807, 2.05) is 24.3 Å². The van der Waals surface area contributed by atoms with Crippen LogP contribution in [0.3, 0.4) is 0 Å². The standard InChI is InChI=1S/C24H20F3N3O3S/c25-24(26,27)33-20-9-4-1-6-15(20)13-29-22(31)19(30-23(32)21-10-5-11-34-21)12-16-14-28-18-8-3-2-7-17(16)18/h1-11,14,19,28H,12-13H2,(H,29,31)(H,30,32). The Kier molecular flexibility index (Phi) is 6.87. The Morgan fingerprint density at radius 3 is 2.53 bits per heavy atom. The van der Waals surface area contributed by atoms with E-state index in [-0.39, 0.29) is 18.5 Å². The number of ether oxygens (including phenoxy) is 1. The van der Waals surface area contributed by atoms with E-state index in [2.05, 4.69) is 20.4 Å². The molecule has 0 aliphatic carbocycles. The van der Waals surface area contributed by atoms with E-state index >= 15 is 0 Å². The zero-order valence-electron chi connectivity index (χ0n) is 17.7. The molecule has 0 aliphatic heterocycles. The van der Waals surface area contributed by atoms with Gasteiger partial charge in [-0.1, -0.05) is 42.5 Å². The molecule has 0 fully saturated rings. The first-order chi connectivity index (χ1) is 16.3. The summed E-state index contributed by atoms with van der Waals surface area (Å²) in [5.74, 6) is -1.33. The van der Waals surface area contributed by atoms with Gasteiger partial charge in [-0.15, -0.1) is 24.5 Å². The number of thiophene rings is 1. The lowest BCUT2D eigenvalue weighted by molar-refractivity contribution is -0.274. The third-order valence-electron chi connectivity index (χ3n) is 5.12. The number of alkyl halides is 3. The van der Waals surface area contributed by atoms with Crippen molar-refractivity contribution in [2.45, 2.75) is 25.4 Å². The summed E-state index contributed by atoms with van der Waals surface area (Å²) in [6, 6.07) is 15.5. The predicted molar refractivity (Wildman–Crippen MR) is 123 cm³/mol. The van der Waals surface area contributed by atoms with Crippen LogP contribution in [0, 0.1) is 0 Å². The minimum absolute atomic E-state index is 0.156. The molecule has 0 aliphatic rings. The second kappa shape index (κ2) is 10.0. The number of benzene rings is 2. The molecule has 176 valence electrons. The highest BCUT2D eigenvalue weighted by atomic mass is 32.1. The number of aromatic amines is 1. The van der Waals surface area contributed by atoms with Gasteiger partial charge >= 0.3 is 6.36 Å². The van der Waals surface area contributed by atoms with Crippen LogP contribution in [0.5, 0.6) is 5.75 Å². The molecule has 0 saturated heterocycles. The van der Waals surface area contributed by atoms with Gasteiger partial charge in [0.25, 0.3) is 5.91 Å². The van der Waals surface area contributed by atoms with E-state index in [0.717, 1.165) is 16.5 Å². The Morgan fingerprint density at radius 1 is 1.00 bits per heavy atom. The van der Waals surface area contributed by atoms with Crippen LogP contribution in [0.2, 0.25) is 0 Å². The molecule has 34 heavy (non-hydrogen) atoms. The van der Waals surface area contributed by atoms with Gasteiger partial charge in [0.15, 0.2) is 0 Å². The number of para-hydroxylation sites is 2. The van der Waals surface area contributed by atoms with Gasteiger partial charge < -0.3 is 20.4 Å². The van der Waals surface area contributed by atoms with Crippen molar-refractivity contribution in [2.75, 3.05) is 0 Å². The van der Waals surface area contributed by atoms with Crippen molar-refractivity contribution in [1.29, 1.82) is 0 Å². The number of carbonyl (C=O) groups excluding carboxylic acids is 2. The maximum Gasteiger partial charge on any atom is 0.573 e. The number of hydrogen-bond donors (Lipinski definition) is 3. The molecule has 2 aromatic heterocycles. The zero-order chi connectivity index (χ0) is 24.1. The number of hydrogen-bond acceptors (Lipinski definition) is 4. The van der Waals surface area contributed by atoms with Crippen LogP contribution in [-0.2, 0) is 17.8 Å². The van der Waals surface area contributed by atoms with Gasteiger partial charge in [0.2, 0.25) is 5.91 Å². The van der Waals surface area contributed by atoms with Crippen molar-refractivity contribution < 1.29 is 27.5 Å². The SMILES string of the molecule is O=C(NC(Cc1c[nH]c2ccccc12)C(=O)NCc1ccccc1OC(F)(F)F)c1cccs1. The highest BCUT2D eigenvalue weighted by Gasteiger charge is 2.32. The molecule has 6 nitrogen and oxygen atoms in total. The minimum atomic E-state index is -4.85. The monoisotopic (exact) mass is 487 g/mol. The summed E-state index contributed by atoms with van der Waals surface area (Å²) in [6.45, 7) is -0.204. The van der Waals surface area contributed by atoms with E-state index in [9.17, 15) is 22.8 Å². The topological polar surface area (TPSA) is 83.2 Å². The van der Waals surface area contributed by atoms with Crippen LogP contribution in [0.1, 0.15) is 20.8 Å². The molecule has 2 aromatic carbocycles. The molecule has 1 unspecified atom stereocenters. The van der Waals surface area contributed by atoms with Gasteiger partial charge in [-0.2, -0.15) is 0 Å². The van der Waals surface area contributed by atoms with E-state index in [1.54, 1.807) is 29.8 Å². The van der Waals surface area contributed by atoms with Gasteiger partial charge in [0.1, 0.15) is 11.8 Å². The fourth-order valence-corrected chi connectivity index (χ4v) is 4.17. The molecule has 3 N–H and O–H groups in total. The highest BCUT2D eigenvalue weighted by molar-refractivity contribution is 7.12. The van der Waals surface area contributed by atoms with Crippen molar-refractivity contribution in [2.24, 2.45) is 0 Å². The minimum Gasteiger partial charge on any atom is -0.405 e. The Balaban J connectivity index is 1.52. The summed E-state index contributed by atoms with van der Waals surface area (Å²) in [4.78, 5) is 29.3. The second-order valence-corrected chi connectivity index (χ2v) is 8.39. The van der Waals surface area contributed by atoms with Crippen LogP contribution in [0.15, 0.2) is 72.2 Å². The fraction of sp³-hybridized carbons (Fsp3) is 0.167. The number of rotatable bonds is 8. The summed E-state index contributed by atoms with van der Waals surface area (Å²) in [5.41, 5.74) is 1.87.